The fourth-order valence-electron chi connectivity index (χ4n) is 3.82. The number of ether oxygens (including phenoxy) is 1. The summed E-state index contributed by atoms with van der Waals surface area (Å²) in [6.45, 7) is 7.53. The Morgan fingerprint density at radius 1 is 1.16 bits per heavy atom. The van der Waals surface area contributed by atoms with Crippen LogP contribution in [0.1, 0.15) is 38.2 Å². The molecule has 1 aromatic rings. The molecule has 3 rings (SSSR count). The van der Waals surface area contributed by atoms with Crippen molar-refractivity contribution < 1.29 is 9.53 Å². The number of amides is 1. The average molecular weight is 345 g/mol. The second-order valence-electron chi connectivity index (χ2n) is 7.48. The monoisotopic (exact) mass is 345 g/mol. The van der Waals surface area contributed by atoms with E-state index in [4.69, 9.17) is 10.5 Å². The van der Waals surface area contributed by atoms with Gasteiger partial charge in [0.25, 0.3) is 0 Å². The molecular weight excluding hydrogens is 314 g/mol. The van der Waals surface area contributed by atoms with Crippen LogP contribution in [0, 0.1) is 0 Å². The van der Waals surface area contributed by atoms with Crippen LogP contribution in [-0.4, -0.2) is 61.1 Å². The molecule has 2 heterocycles. The van der Waals surface area contributed by atoms with Crippen LogP contribution in [0.4, 0.5) is 0 Å². The third-order valence-corrected chi connectivity index (χ3v) is 5.51. The molecule has 138 valence electrons. The van der Waals surface area contributed by atoms with Gasteiger partial charge in [-0.05, 0) is 51.3 Å². The molecule has 25 heavy (non-hydrogen) atoms. The first kappa shape index (κ1) is 18.4. The summed E-state index contributed by atoms with van der Waals surface area (Å²) in [7, 11) is 0. The number of piperidine rings is 1. The Hall–Kier alpha value is -1.43. The Labute approximate surface area is 151 Å². The van der Waals surface area contributed by atoms with Crippen molar-refractivity contribution in [1.82, 2.24) is 9.80 Å². The maximum atomic E-state index is 12.9. The summed E-state index contributed by atoms with van der Waals surface area (Å²) in [5.74, 6) is 0.00853. The molecule has 0 bridgehead atoms. The minimum absolute atomic E-state index is 0.00853. The molecule has 0 spiro atoms. The van der Waals surface area contributed by atoms with Gasteiger partial charge in [-0.1, -0.05) is 30.3 Å². The van der Waals surface area contributed by atoms with Crippen LogP contribution in [-0.2, 0) is 15.1 Å². The molecule has 5 nitrogen and oxygen atoms in total. The molecule has 1 aromatic carbocycles. The quantitative estimate of drug-likeness (QED) is 0.856. The van der Waals surface area contributed by atoms with Gasteiger partial charge in [-0.3, -0.25) is 4.79 Å². The molecule has 2 fully saturated rings. The number of nitrogens with zero attached hydrogens (tertiary/aromatic N) is 2. The summed E-state index contributed by atoms with van der Waals surface area (Å²) in [4.78, 5) is 17.2. The maximum absolute atomic E-state index is 12.9. The van der Waals surface area contributed by atoms with Crippen molar-refractivity contribution in [2.75, 3.05) is 39.3 Å². The van der Waals surface area contributed by atoms with Gasteiger partial charge >= 0.3 is 0 Å². The van der Waals surface area contributed by atoms with Crippen LogP contribution < -0.4 is 5.73 Å². The van der Waals surface area contributed by atoms with Crippen molar-refractivity contribution in [3.8, 4) is 0 Å². The summed E-state index contributed by atoms with van der Waals surface area (Å²) in [6, 6.07) is 9.63. The lowest BCUT2D eigenvalue weighted by Crippen LogP contribution is -2.53. The van der Waals surface area contributed by atoms with Crippen LogP contribution in [0.5, 0.6) is 0 Å². The average Bonchev–Trinajstić information content (AvgIpc) is 3.16. The molecule has 2 aliphatic heterocycles. The van der Waals surface area contributed by atoms with Gasteiger partial charge in [0, 0.05) is 19.6 Å². The van der Waals surface area contributed by atoms with Crippen LogP contribution >= 0.6 is 0 Å². The minimum atomic E-state index is -0.968. The predicted octanol–water partition coefficient (Wildman–Crippen LogP) is 1.96. The van der Waals surface area contributed by atoms with Crippen molar-refractivity contribution >= 4 is 5.91 Å². The third-order valence-electron chi connectivity index (χ3n) is 5.51. The Bertz CT molecular complexity index is 547. The summed E-state index contributed by atoms with van der Waals surface area (Å²) in [6.07, 6.45) is 4.71. The number of benzene rings is 1. The van der Waals surface area contributed by atoms with Crippen molar-refractivity contribution in [3.63, 3.8) is 0 Å². The second-order valence-corrected chi connectivity index (χ2v) is 7.48. The summed E-state index contributed by atoms with van der Waals surface area (Å²) in [5, 5.41) is 0. The Kier molecular flexibility index (Phi) is 6.10. The highest BCUT2D eigenvalue weighted by molar-refractivity contribution is 5.87. The normalized spacial score (nSPS) is 22.1. The molecule has 5 heteroatoms. The fraction of sp³-hybridized carbons (Fsp3) is 0.650. The lowest BCUT2D eigenvalue weighted by Gasteiger charge is -2.37. The number of rotatable bonds is 6. The standard InChI is InChI=1S/C20H31N3O2/c1-20(21,17-7-3-2-4-8-17)19(24)23-13-9-18(10-14-23)25-16-15-22-11-5-6-12-22/h2-4,7-8,18H,5-6,9-16,21H2,1H3. The zero-order valence-electron chi connectivity index (χ0n) is 15.3. The van der Waals surface area contributed by atoms with Gasteiger partial charge in [0.1, 0.15) is 5.54 Å². The van der Waals surface area contributed by atoms with Gasteiger partial charge in [-0.25, -0.2) is 0 Å². The highest BCUT2D eigenvalue weighted by Crippen LogP contribution is 2.23. The van der Waals surface area contributed by atoms with E-state index in [1.807, 2.05) is 42.2 Å². The van der Waals surface area contributed by atoms with E-state index in [1.165, 1.54) is 25.9 Å². The first-order valence-corrected chi connectivity index (χ1v) is 9.55. The SMILES string of the molecule is CC(N)(C(=O)N1CCC(OCCN2CCCC2)CC1)c1ccccc1. The zero-order valence-corrected chi connectivity index (χ0v) is 15.3. The molecule has 1 unspecified atom stereocenters. The number of hydrogen-bond acceptors (Lipinski definition) is 4. The van der Waals surface area contributed by atoms with E-state index in [0.29, 0.717) is 0 Å². The first-order valence-electron chi connectivity index (χ1n) is 9.55. The van der Waals surface area contributed by atoms with E-state index in [-0.39, 0.29) is 12.0 Å². The molecule has 2 saturated heterocycles. The molecular formula is C20H31N3O2. The summed E-state index contributed by atoms with van der Waals surface area (Å²) >= 11 is 0. The van der Waals surface area contributed by atoms with Crippen LogP contribution in [0.15, 0.2) is 30.3 Å². The van der Waals surface area contributed by atoms with Crippen molar-refractivity contribution in [2.24, 2.45) is 5.73 Å². The van der Waals surface area contributed by atoms with Gasteiger partial charge in [0.05, 0.1) is 12.7 Å². The molecule has 0 aliphatic carbocycles. The predicted molar refractivity (Wildman–Crippen MR) is 99.2 cm³/mol. The number of carbonyl (C=O) groups excluding carboxylic acids is 1. The van der Waals surface area contributed by atoms with E-state index in [9.17, 15) is 4.79 Å². The number of likely N-dealkylation sites (tertiary alicyclic amines) is 2. The summed E-state index contributed by atoms with van der Waals surface area (Å²) < 4.78 is 6.03. The van der Waals surface area contributed by atoms with E-state index < -0.39 is 5.54 Å². The lowest BCUT2D eigenvalue weighted by atomic mass is 9.90. The Balaban J connectivity index is 1.44. The zero-order chi connectivity index (χ0) is 17.7. The smallest absolute Gasteiger partial charge is 0.246 e. The van der Waals surface area contributed by atoms with Crippen LogP contribution in [0.2, 0.25) is 0 Å². The Morgan fingerprint density at radius 3 is 2.44 bits per heavy atom. The van der Waals surface area contributed by atoms with Crippen LogP contribution in [0.25, 0.3) is 0 Å². The Morgan fingerprint density at radius 2 is 1.80 bits per heavy atom. The third kappa shape index (κ3) is 4.60. The molecule has 1 atom stereocenters. The van der Waals surface area contributed by atoms with E-state index in [0.717, 1.165) is 44.6 Å². The number of hydrogen-bond donors (Lipinski definition) is 1. The van der Waals surface area contributed by atoms with E-state index in [2.05, 4.69) is 4.90 Å². The topological polar surface area (TPSA) is 58.8 Å². The summed E-state index contributed by atoms with van der Waals surface area (Å²) in [5.41, 5.74) is 6.27. The molecule has 2 N–H and O–H groups in total. The van der Waals surface area contributed by atoms with Gasteiger partial charge in [0.15, 0.2) is 0 Å². The highest BCUT2D eigenvalue weighted by atomic mass is 16.5. The number of carbonyl (C=O) groups is 1. The lowest BCUT2D eigenvalue weighted by molar-refractivity contribution is -0.139. The second kappa shape index (κ2) is 8.30. The largest absolute Gasteiger partial charge is 0.377 e. The van der Waals surface area contributed by atoms with E-state index in [1.54, 1.807) is 0 Å². The van der Waals surface area contributed by atoms with E-state index >= 15 is 0 Å². The van der Waals surface area contributed by atoms with Crippen molar-refractivity contribution in [1.29, 1.82) is 0 Å². The van der Waals surface area contributed by atoms with Crippen molar-refractivity contribution in [3.05, 3.63) is 35.9 Å². The van der Waals surface area contributed by atoms with Gasteiger partial charge in [-0.15, -0.1) is 0 Å². The molecule has 0 radical (unpaired) electrons. The molecule has 1 amide bonds. The highest BCUT2D eigenvalue weighted by Gasteiger charge is 2.36. The van der Waals surface area contributed by atoms with Gasteiger partial charge < -0.3 is 20.3 Å². The maximum Gasteiger partial charge on any atom is 0.246 e. The first-order chi connectivity index (χ1) is 12.1. The fourth-order valence-corrected chi connectivity index (χ4v) is 3.82. The van der Waals surface area contributed by atoms with Gasteiger partial charge in [0.2, 0.25) is 5.91 Å². The molecule has 2 aliphatic rings. The molecule has 0 saturated carbocycles. The van der Waals surface area contributed by atoms with Crippen LogP contribution in [0.3, 0.4) is 0 Å². The van der Waals surface area contributed by atoms with Gasteiger partial charge in [-0.2, -0.15) is 0 Å². The van der Waals surface area contributed by atoms with Crippen molar-refractivity contribution in [2.45, 2.75) is 44.2 Å². The minimum Gasteiger partial charge on any atom is -0.377 e. The number of nitrogens with two attached hydrogens (primary N) is 1. The molecule has 0 aromatic heterocycles.